The molecule has 0 radical (unpaired) electrons. The molecule has 0 bridgehead atoms. The lowest BCUT2D eigenvalue weighted by Crippen LogP contribution is -2.05. The van der Waals surface area contributed by atoms with Crippen LogP contribution in [0.4, 0.5) is 4.39 Å². The van der Waals surface area contributed by atoms with Gasteiger partial charge in [-0.05, 0) is 42.0 Å². The molecular weight excluding hydrogens is 328 g/mol. The Morgan fingerprint density at radius 3 is 2.68 bits per heavy atom. The lowest BCUT2D eigenvalue weighted by molar-refractivity contribution is -0.129. The quantitative estimate of drug-likeness (QED) is 0.599. The van der Waals surface area contributed by atoms with E-state index in [1.165, 1.54) is 24.3 Å². The van der Waals surface area contributed by atoms with Crippen LogP contribution in [0.3, 0.4) is 0 Å². The van der Waals surface area contributed by atoms with Gasteiger partial charge in [-0.3, -0.25) is 0 Å². The second-order valence-corrected chi connectivity index (χ2v) is 5.36. The first-order valence-corrected chi connectivity index (χ1v) is 7.02. The highest BCUT2D eigenvalue weighted by molar-refractivity contribution is 6.37. The van der Waals surface area contributed by atoms with Gasteiger partial charge in [0.2, 0.25) is 5.90 Å². The van der Waals surface area contributed by atoms with E-state index in [0.29, 0.717) is 21.2 Å². The molecule has 22 heavy (non-hydrogen) atoms. The smallest absolute Gasteiger partial charge is 0.363 e. The summed E-state index contributed by atoms with van der Waals surface area (Å²) >= 11 is 11.9. The van der Waals surface area contributed by atoms with Gasteiger partial charge in [-0.2, -0.15) is 0 Å². The van der Waals surface area contributed by atoms with E-state index in [1.54, 1.807) is 24.3 Å². The van der Waals surface area contributed by atoms with Crippen LogP contribution in [-0.2, 0) is 9.53 Å². The fourth-order valence-electron chi connectivity index (χ4n) is 1.94. The van der Waals surface area contributed by atoms with Crippen LogP contribution in [0.5, 0.6) is 0 Å². The zero-order valence-electron chi connectivity index (χ0n) is 11.0. The van der Waals surface area contributed by atoms with Gasteiger partial charge >= 0.3 is 5.97 Å². The van der Waals surface area contributed by atoms with E-state index < -0.39 is 11.8 Å². The third kappa shape index (κ3) is 3.03. The third-order valence-corrected chi connectivity index (χ3v) is 3.48. The number of carbonyl (C=O) groups excluding carboxylic acids is 1. The number of rotatable bonds is 2. The number of hydrogen-bond acceptors (Lipinski definition) is 3. The third-order valence-electron chi connectivity index (χ3n) is 2.93. The van der Waals surface area contributed by atoms with Gasteiger partial charge in [-0.1, -0.05) is 35.3 Å². The minimum atomic E-state index is -0.620. The van der Waals surface area contributed by atoms with Gasteiger partial charge in [-0.15, -0.1) is 0 Å². The number of hydrogen-bond donors (Lipinski definition) is 0. The van der Waals surface area contributed by atoms with Crippen LogP contribution in [0, 0.1) is 5.82 Å². The fourth-order valence-corrected chi connectivity index (χ4v) is 2.43. The van der Waals surface area contributed by atoms with Gasteiger partial charge in [0, 0.05) is 5.02 Å². The average Bonchev–Trinajstić information content (AvgIpc) is 2.80. The minimum Gasteiger partial charge on any atom is -0.402 e. The molecule has 0 saturated carbocycles. The molecule has 0 atom stereocenters. The Morgan fingerprint density at radius 1 is 1.14 bits per heavy atom. The van der Waals surface area contributed by atoms with Crippen molar-refractivity contribution in [3.05, 3.63) is 75.2 Å². The molecule has 2 aromatic rings. The Kier molecular flexibility index (Phi) is 3.96. The molecular formula is C16H8Cl2FNO2. The second kappa shape index (κ2) is 5.91. The van der Waals surface area contributed by atoms with Crippen molar-refractivity contribution >= 4 is 41.1 Å². The summed E-state index contributed by atoms with van der Waals surface area (Å²) in [7, 11) is 0. The summed E-state index contributed by atoms with van der Waals surface area (Å²) in [5.74, 6) is -0.926. The number of esters is 1. The molecule has 1 aliphatic heterocycles. The highest BCUT2D eigenvalue weighted by atomic mass is 35.5. The van der Waals surface area contributed by atoms with Crippen LogP contribution in [-0.4, -0.2) is 11.9 Å². The monoisotopic (exact) mass is 335 g/mol. The van der Waals surface area contributed by atoms with Crippen molar-refractivity contribution in [2.24, 2.45) is 4.99 Å². The van der Waals surface area contributed by atoms with Crippen molar-refractivity contribution in [1.29, 1.82) is 0 Å². The Bertz CT molecular complexity index is 831. The molecule has 1 heterocycles. The molecule has 110 valence electrons. The molecule has 0 aromatic heterocycles. The van der Waals surface area contributed by atoms with Gasteiger partial charge in [0.25, 0.3) is 0 Å². The van der Waals surface area contributed by atoms with E-state index in [-0.39, 0.29) is 11.6 Å². The molecule has 0 saturated heterocycles. The van der Waals surface area contributed by atoms with Crippen LogP contribution < -0.4 is 0 Å². The maximum absolute atomic E-state index is 13.2. The van der Waals surface area contributed by atoms with Crippen molar-refractivity contribution in [2.75, 3.05) is 0 Å². The highest BCUT2D eigenvalue weighted by Crippen LogP contribution is 2.26. The van der Waals surface area contributed by atoms with Crippen LogP contribution >= 0.6 is 23.2 Å². The van der Waals surface area contributed by atoms with Crippen molar-refractivity contribution < 1.29 is 13.9 Å². The summed E-state index contributed by atoms with van der Waals surface area (Å²) in [6.07, 6.45) is 1.45. The van der Waals surface area contributed by atoms with Crippen molar-refractivity contribution in [3.8, 4) is 0 Å². The topological polar surface area (TPSA) is 38.7 Å². The highest BCUT2D eigenvalue weighted by Gasteiger charge is 2.25. The van der Waals surface area contributed by atoms with E-state index >= 15 is 0 Å². The van der Waals surface area contributed by atoms with E-state index in [2.05, 4.69) is 4.99 Å². The number of cyclic esters (lactones) is 1. The van der Waals surface area contributed by atoms with Gasteiger partial charge in [-0.25, -0.2) is 14.2 Å². The van der Waals surface area contributed by atoms with E-state index in [4.69, 9.17) is 27.9 Å². The molecule has 0 fully saturated rings. The number of ether oxygens (including phenoxy) is 1. The molecule has 0 aliphatic carbocycles. The minimum absolute atomic E-state index is 0.0756. The number of halogens is 3. The first-order chi connectivity index (χ1) is 10.5. The van der Waals surface area contributed by atoms with Gasteiger partial charge in [0.15, 0.2) is 5.70 Å². The Balaban J connectivity index is 1.98. The predicted octanol–water partition coefficient (Wildman–Crippen LogP) is 4.48. The normalized spacial score (nSPS) is 15.9. The SMILES string of the molecule is O=C1OC(c2ccc(Cl)cc2Cl)=N/C1=C\c1cccc(F)c1. The Labute approximate surface area is 135 Å². The summed E-state index contributed by atoms with van der Waals surface area (Å²) in [5, 5.41) is 0.792. The molecule has 1 aliphatic rings. The van der Waals surface area contributed by atoms with Crippen LogP contribution in [0.2, 0.25) is 10.0 Å². The summed E-state index contributed by atoms with van der Waals surface area (Å²) in [5.41, 5.74) is 1.05. The number of carbonyl (C=O) groups is 1. The summed E-state index contributed by atoms with van der Waals surface area (Å²) in [6.45, 7) is 0. The summed E-state index contributed by atoms with van der Waals surface area (Å²) in [4.78, 5) is 16.0. The van der Waals surface area contributed by atoms with Gasteiger partial charge in [0.1, 0.15) is 5.82 Å². The molecule has 0 spiro atoms. The first kappa shape index (κ1) is 14.8. The van der Waals surface area contributed by atoms with Gasteiger partial charge in [0.05, 0.1) is 10.6 Å². The molecule has 3 rings (SSSR count). The summed E-state index contributed by atoms with van der Waals surface area (Å²) in [6, 6.07) is 10.6. The molecule has 3 nitrogen and oxygen atoms in total. The fraction of sp³-hybridized carbons (Fsp3) is 0. The number of aliphatic imine (C=N–C) groups is 1. The maximum atomic E-state index is 13.2. The zero-order valence-corrected chi connectivity index (χ0v) is 12.5. The standard InChI is InChI=1S/C16H8Cl2FNO2/c17-10-4-5-12(13(18)8-10)15-20-14(16(21)22-15)7-9-2-1-3-11(19)6-9/h1-8H/b14-7-. The lowest BCUT2D eigenvalue weighted by Gasteiger charge is -2.02. The Hall–Kier alpha value is -2.17. The van der Waals surface area contributed by atoms with Crippen LogP contribution in [0.25, 0.3) is 6.08 Å². The van der Waals surface area contributed by atoms with Crippen LogP contribution in [0.1, 0.15) is 11.1 Å². The van der Waals surface area contributed by atoms with E-state index in [9.17, 15) is 9.18 Å². The molecule has 6 heteroatoms. The van der Waals surface area contributed by atoms with E-state index in [0.717, 1.165) is 0 Å². The largest absolute Gasteiger partial charge is 0.402 e. The number of nitrogens with zero attached hydrogens (tertiary/aromatic N) is 1. The average molecular weight is 336 g/mol. The molecule has 0 N–H and O–H groups in total. The van der Waals surface area contributed by atoms with Crippen molar-refractivity contribution in [2.45, 2.75) is 0 Å². The summed E-state index contributed by atoms with van der Waals surface area (Å²) < 4.78 is 18.3. The first-order valence-electron chi connectivity index (χ1n) is 6.26. The van der Waals surface area contributed by atoms with Crippen molar-refractivity contribution in [1.82, 2.24) is 0 Å². The Morgan fingerprint density at radius 2 is 1.95 bits per heavy atom. The predicted molar refractivity (Wildman–Crippen MR) is 83.5 cm³/mol. The van der Waals surface area contributed by atoms with E-state index in [1.807, 2.05) is 0 Å². The molecule has 0 unspecified atom stereocenters. The second-order valence-electron chi connectivity index (χ2n) is 4.52. The lowest BCUT2D eigenvalue weighted by atomic mass is 10.2. The maximum Gasteiger partial charge on any atom is 0.363 e. The zero-order chi connectivity index (χ0) is 15.7. The number of benzene rings is 2. The van der Waals surface area contributed by atoms with Gasteiger partial charge < -0.3 is 4.74 Å². The van der Waals surface area contributed by atoms with Crippen LogP contribution in [0.15, 0.2) is 53.2 Å². The van der Waals surface area contributed by atoms with Crippen molar-refractivity contribution in [3.63, 3.8) is 0 Å². The molecule has 2 aromatic carbocycles. The molecule has 0 amide bonds.